The van der Waals surface area contributed by atoms with Crippen LogP contribution in [0.4, 0.5) is 0 Å². The van der Waals surface area contributed by atoms with E-state index in [0.717, 1.165) is 5.56 Å². The fraction of sp³-hybridized carbons (Fsp3) is 0.429. The van der Waals surface area contributed by atoms with Crippen LogP contribution in [0.25, 0.3) is 0 Å². The zero-order chi connectivity index (χ0) is 13.4. The zero-order valence-corrected chi connectivity index (χ0v) is 10.6. The molecule has 0 fully saturated rings. The number of aliphatic carboxylic acids is 1. The van der Waals surface area contributed by atoms with Gasteiger partial charge in [-0.3, -0.25) is 9.59 Å². The lowest BCUT2D eigenvalue weighted by atomic mass is 10.0. The molecule has 18 heavy (non-hydrogen) atoms. The Bertz CT molecular complexity index is 389. The van der Waals surface area contributed by atoms with Gasteiger partial charge in [-0.2, -0.15) is 0 Å². The predicted octanol–water partition coefficient (Wildman–Crippen LogP) is 2.16. The Morgan fingerprint density at radius 3 is 2.50 bits per heavy atom. The summed E-state index contributed by atoms with van der Waals surface area (Å²) in [5.41, 5.74) is 0.987. The van der Waals surface area contributed by atoms with Crippen molar-refractivity contribution in [2.24, 2.45) is 0 Å². The number of rotatable bonds is 7. The minimum atomic E-state index is -0.793. The van der Waals surface area contributed by atoms with E-state index in [1.807, 2.05) is 37.3 Å². The molecule has 1 aromatic rings. The molecule has 1 atom stereocenters. The van der Waals surface area contributed by atoms with E-state index < -0.39 is 5.97 Å². The first kappa shape index (κ1) is 14.2. The Morgan fingerprint density at radius 1 is 1.22 bits per heavy atom. The third-order valence-corrected chi connectivity index (χ3v) is 2.81. The number of unbranched alkanes of at least 4 members (excludes halogenated alkanes) is 1. The minimum Gasteiger partial charge on any atom is -0.481 e. The van der Waals surface area contributed by atoms with E-state index in [-0.39, 0.29) is 18.2 Å². The van der Waals surface area contributed by atoms with Gasteiger partial charge < -0.3 is 10.4 Å². The molecule has 0 saturated heterocycles. The molecule has 1 amide bonds. The number of carboxylic acid groups (broad SMARTS) is 1. The SMILES string of the molecule is C[C@@H](C(=O)NCCCCC(=O)O)c1ccccc1. The summed E-state index contributed by atoms with van der Waals surface area (Å²) in [5, 5.41) is 11.3. The molecule has 4 nitrogen and oxygen atoms in total. The van der Waals surface area contributed by atoms with Gasteiger partial charge in [0, 0.05) is 13.0 Å². The minimum absolute atomic E-state index is 0.0171. The van der Waals surface area contributed by atoms with Gasteiger partial charge in [-0.05, 0) is 25.3 Å². The quantitative estimate of drug-likeness (QED) is 0.728. The maximum atomic E-state index is 11.8. The third-order valence-electron chi connectivity index (χ3n) is 2.81. The standard InChI is InChI=1S/C14H19NO3/c1-11(12-7-3-2-4-8-12)14(18)15-10-6-5-9-13(16)17/h2-4,7-8,11H,5-6,9-10H2,1H3,(H,15,18)(H,16,17)/t11-/m1/s1. The second-order valence-electron chi connectivity index (χ2n) is 4.27. The van der Waals surface area contributed by atoms with E-state index in [1.54, 1.807) is 0 Å². The topological polar surface area (TPSA) is 66.4 Å². The lowest BCUT2D eigenvalue weighted by Gasteiger charge is -2.12. The first-order chi connectivity index (χ1) is 8.61. The number of amides is 1. The highest BCUT2D eigenvalue weighted by Gasteiger charge is 2.13. The van der Waals surface area contributed by atoms with Crippen molar-refractivity contribution in [3.05, 3.63) is 35.9 Å². The second kappa shape index (κ2) is 7.48. The molecule has 98 valence electrons. The van der Waals surface area contributed by atoms with Crippen LogP contribution in [0.1, 0.15) is 37.7 Å². The Labute approximate surface area is 107 Å². The van der Waals surface area contributed by atoms with Gasteiger partial charge in [-0.1, -0.05) is 30.3 Å². The molecule has 0 aromatic heterocycles. The van der Waals surface area contributed by atoms with Crippen molar-refractivity contribution in [3.63, 3.8) is 0 Å². The van der Waals surface area contributed by atoms with Crippen LogP contribution in [-0.4, -0.2) is 23.5 Å². The van der Waals surface area contributed by atoms with Crippen LogP contribution in [0.5, 0.6) is 0 Å². The van der Waals surface area contributed by atoms with Crippen LogP contribution in [0.15, 0.2) is 30.3 Å². The number of hydrogen-bond acceptors (Lipinski definition) is 2. The first-order valence-corrected chi connectivity index (χ1v) is 6.15. The molecule has 0 aliphatic heterocycles. The molecular weight excluding hydrogens is 230 g/mol. The number of carboxylic acids is 1. The van der Waals surface area contributed by atoms with Crippen molar-refractivity contribution in [1.82, 2.24) is 5.32 Å². The number of carbonyl (C=O) groups excluding carboxylic acids is 1. The van der Waals surface area contributed by atoms with E-state index in [1.165, 1.54) is 0 Å². The van der Waals surface area contributed by atoms with Crippen LogP contribution in [0.2, 0.25) is 0 Å². The highest BCUT2D eigenvalue weighted by Crippen LogP contribution is 2.14. The van der Waals surface area contributed by atoms with Crippen LogP contribution in [0.3, 0.4) is 0 Å². The summed E-state index contributed by atoms with van der Waals surface area (Å²) in [5.74, 6) is -0.985. The maximum Gasteiger partial charge on any atom is 0.303 e. The fourth-order valence-corrected chi connectivity index (χ4v) is 1.66. The molecule has 0 aliphatic rings. The van der Waals surface area contributed by atoms with E-state index in [9.17, 15) is 9.59 Å². The number of carbonyl (C=O) groups is 2. The van der Waals surface area contributed by atoms with Crippen molar-refractivity contribution in [2.75, 3.05) is 6.54 Å². The molecule has 2 N–H and O–H groups in total. The molecule has 0 aliphatic carbocycles. The van der Waals surface area contributed by atoms with Gasteiger partial charge in [-0.25, -0.2) is 0 Å². The molecule has 0 unspecified atom stereocenters. The van der Waals surface area contributed by atoms with E-state index in [4.69, 9.17) is 5.11 Å². The Kier molecular flexibility index (Phi) is 5.91. The van der Waals surface area contributed by atoms with Crippen molar-refractivity contribution < 1.29 is 14.7 Å². The maximum absolute atomic E-state index is 11.8. The third kappa shape index (κ3) is 4.99. The zero-order valence-electron chi connectivity index (χ0n) is 10.6. The number of hydrogen-bond donors (Lipinski definition) is 2. The Hall–Kier alpha value is -1.84. The summed E-state index contributed by atoms with van der Waals surface area (Å²) < 4.78 is 0. The normalized spacial score (nSPS) is 11.8. The van der Waals surface area contributed by atoms with Gasteiger partial charge in [0.2, 0.25) is 5.91 Å². The Morgan fingerprint density at radius 2 is 1.89 bits per heavy atom. The van der Waals surface area contributed by atoms with Crippen molar-refractivity contribution in [1.29, 1.82) is 0 Å². The molecule has 1 rings (SSSR count). The lowest BCUT2D eigenvalue weighted by Crippen LogP contribution is -2.28. The highest BCUT2D eigenvalue weighted by molar-refractivity contribution is 5.83. The van der Waals surface area contributed by atoms with E-state index in [2.05, 4.69) is 5.32 Å². The molecule has 0 radical (unpaired) electrons. The molecular formula is C14H19NO3. The van der Waals surface area contributed by atoms with Crippen LogP contribution in [-0.2, 0) is 9.59 Å². The largest absolute Gasteiger partial charge is 0.481 e. The molecule has 0 saturated carbocycles. The lowest BCUT2D eigenvalue weighted by molar-refractivity contribution is -0.137. The molecule has 0 bridgehead atoms. The highest BCUT2D eigenvalue weighted by atomic mass is 16.4. The summed E-state index contributed by atoms with van der Waals surface area (Å²) in [6, 6.07) is 9.58. The van der Waals surface area contributed by atoms with Crippen molar-refractivity contribution >= 4 is 11.9 Å². The first-order valence-electron chi connectivity index (χ1n) is 6.15. The monoisotopic (exact) mass is 249 g/mol. The number of nitrogens with one attached hydrogen (secondary N) is 1. The molecule has 0 spiro atoms. The van der Waals surface area contributed by atoms with E-state index in [0.29, 0.717) is 19.4 Å². The summed E-state index contributed by atoms with van der Waals surface area (Å²) in [4.78, 5) is 22.1. The van der Waals surface area contributed by atoms with E-state index >= 15 is 0 Å². The van der Waals surface area contributed by atoms with Gasteiger partial charge in [0.1, 0.15) is 0 Å². The summed E-state index contributed by atoms with van der Waals surface area (Å²) >= 11 is 0. The molecule has 0 heterocycles. The fourth-order valence-electron chi connectivity index (χ4n) is 1.66. The van der Waals surface area contributed by atoms with Crippen LogP contribution < -0.4 is 5.32 Å². The number of benzene rings is 1. The van der Waals surface area contributed by atoms with Crippen molar-refractivity contribution in [2.45, 2.75) is 32.1 Å². The summed E-state index contributed by atoms with van der Waals surface area (Å²) in [6.07, 6.45) is 1.44. The van der Waals surface area contributed by atoms with Gasteiger partial charge >= 0.3 is 5.97 Å². The average molecular weight is 249 g/mol. The van der Waals surface area contributed by atoms with Crippen molar-refractivity contribution in [3.8, 4) is 0 Å². The predicted molar refractivity (Wildman–Crippen MR) is 69.4 cm³/mol. The second-order valence-corrected chi connectivity index (χ2v) is 4.27. The van der Waals surface area contributed by atoms with Gasteiger partial charge in [-0.15, -0.1) is 0 Å². The smallest absolute Gasteiger partial charge is 0.303 e. The Balaban J connectivity index is 2.26. The van der Waals surface area contributed by atoms with Crippen LogP contribution in [0, 0.1) is 0 Å². The van der Waals surface area contributed by atoms with Gasteiger partial charge in [0.15, 0.2) is 0 Å². The van der Waals surface area contributed by atoms with Gasteiger partial charge in [0.25, 0.3) is 0 Å². The van der Waals surface area contributed by atoms with Crippen LogP contribution >= 0.6 is 0 Å². The summed E-state index contributed by atoms with van der Waals surface area (Å²) in [7, 11) is 0. The van der Waals surface area contributed by atoms with Gasteiger partial charge in [0.05, 0.1) is 5.92 Å². The summed E-state index contributed by atoms with van der Waals surface area (Å²) in [6.45, 7) is 2.39. The average Bonchev–Trinajstić information content (AvgIpc) is 2.38. The molecule has 1 aromatic carbocycles. The molecule has 4 heteroatoms.